The van der Waals surface area contributed by atoms with Crippen LogP contribution in [-0.4, -0.2) is 24.4 Å². The third-order valence-corrected chi connectivity index (χ3v) is 4.60. The highest BCUT2D eigenvalue weighted by atomic mass is 35.5. The van der Waals surface area contributed by atoms with Crippen molar-refractivity contribution in [1.29, 1.82) is 0 Å². The van der Waals surface area contributed by atoms with E-state index in [9.17, 15) is 18.8 Å². The number of amides is 4. The number of anilines is 2. The zero-order chi connectivity index (χ0) is 19.7. The SMILES string of the molecule is Cc1ccc(C)c(NC(=O)C2CNC(=O)N(c3ccc(F)c(Cl)c3)C2=O)c1. The van der Waals surface area contributed by atoms with Crippen LogP contribution in [0.15, 0.2) is 36.4 Å². The molecule has 1 heterocycles. The lowest BCUT2D eigenvalue weighted by atomic mass is 10.0. The standard InChI is InChI=1S/C19H17ClFN3O3/c1-10-3-4-11(2)16(7-10)23-17(25)13-9-22-19(27)24(18(13)26)12-5-6-15(21)14(20)8-12/h3-8,13H,9H2,1-2H3,(H,22,27)(H,23,25). The summed E-state index contributed by atoms with van der Waals surface area (Å²) in [6.07, 6.45) is 0. The maximum atomic E-state index is 13.4. The molecule has 2 aromatic carbocycles. The van der Waals surface area contributed by atoms with Gasteiger partial charge < -0.3 is 10.6 Å². The number of aryl methyl sites for hydroxylation is 2. The van der Waals surface area contributed by atoms with Gasteiger partial charge in [-0.2, -0.15) is 0 Å². The zero-order valence-electron chi connectivity index (χ0n) is 14.7. The van der Waals surface area contributed by atoms with E-state index in [1.54, 1.807) is 6.07 Å². The summed E-state index contributed by atoms with van der Waals surface area (Å²) in [6.45, 7) is 3.60. The van der Waals surface area contributed by atoms with E-state index in [4.69, 9.17) is 11.6 Å². The fraction of sp³-hybridized carbons (Fsp3) is 0.211. The van der Waals surface area contributed by atoms with Crippen LogP contribution in [-0.2, 0) is 9.59 Å². The predicted octanol–water partition coefficient (Wildman–Crippen LogP) is 3.41. The van der Waals surface area contributed by atoms with Gasteiger partial charge in [0.15, 0.2) is 0 Å². The highest BCUT2D eigenvalue weighted by Gasteiger charge is 2.39. The van der Waals surface area contributed by atoms with Gasteiger partial charge in [-0.3, -0.25) is 9.59 Å². The van der Waals surface area contributed by atoms with E-state index in [2.05, 4.69) is 10.6 Å². The van der Waals surface area contributed by atoms with Crippen molar-refractivity contribution in [3.63, 3.8) is 0 Å². The number of carbonyl (C=O) groups excluding carboxylic acids is 3. The second-order valence-electron chi connectivity index (χ2n) is 6.32. The topological polar surface area (TPSA) is 78.5 Å². The van der Waals surface area contributed by atoms with Gasteiger partial charge in [0.1, 0.15) is 11.7 Å². The maximum Gasteiger partial charge on any atom is 0.328 e. The summed E-state index contributed by atoms with van der Waals surface area (Å²) in [6, 6.07) is 8.36. The minimum Gasteiger partial charge on any atom is -0.336 e. The summed E-state index contributed by atoms with van der Waals surface area (Å²) in [5.74, 6) is -3.03. The molecular weight excluding hydrogens is 373 g/mol. The molecule has 27 heavy (non-hydrogen) atoms. The van der Waals surface area contributed by atoms with E-state index in [0.29, 0.717) is 5.69 Å². The van der Waals surface area contributed by atoms with Crippen molar-refractivity contribution in [3.8, 4) is 0 Å². The number of rotatable bonds is 3. The molecule has 0 radical (unpaired) electrons. The normalized spacial score (nSPS) is 16.9. The zero-order valence-corrected chi connectivity index (χ0v) is 15.4. The molecule has 0 bridgehead atoms. The van der Waals surface area contributed by atoms with Crippen LogP contribution < -0.4 is 15.5 Å². The summed E-state index contributed by atoms with van der Waals surface area (Å²) >= 11 is 5.74. The molecule has 2 aromatic rings. The summed E-state index contributed by atoms with van der Waals surface area (Å²) in [7, 11) is 0. The van der Waals surface area contributed by atoms with E-state index in [1.807, 2.05) is 26.0 Å². The molecule has 6 nitrogen and oxygen atoms in total. The van der Waals surface area contributed by atoms with E-state index in [0.717, 1.165) is 22.1 Å². The molecule has 1 atom stereocenters. The fourth-order valence-corrected chi connectivity index (χ4v) is 2.95. The first-order valence-electron chi connectivity index (χ1n) is 8.23. The molecule has 3 rings (SSSR count). The number of halogens is 2. The van der Waals surface area contributed by atoms with Gasteiger partial charge in [0.2, 0.25) is 11.8 Å². The number of hydrogen-bond donors (Lipinski definition) is 2. The van der Waals surface area contributed by atoms with Crippen LogP contribution in [0.2, 0.25) is 5.02 Å². The molecule has 8 heteroatoms. The first-order chi connectivity index (χ1) is 12.8. The van der Waals surface area contributed by atoms with Crippen molar-refractivity contribution in [2.45, 2.75) is 13.8 Å². The minimum atomic E-state index is -1.12. The van der Waals surface area contributed by atoms with Crippen LogP contribution in [0.4, 0.5) is 20.6 Å². The van der Waals surface area contributed by atoms with Crippen molar-refractivity contribution >= 4 is 40.8 Å². The predicted molar refractivity (Wildman–Crippen MR) is 100 cm³/mol. The molecule has 4 amide bonds. The second kappa shape index (κ2) is 7.36. The van der Waals surface area contributed by atoms with Crippen LogP contribution >= 0.6 is 11.6 Å². The Morgan fingerprint density at radius 2 is 1.96 bits per heavy atom. The monoisotopic (exact) mass is 389 g/mol. The Hall–Kier alpha value is -2.93. The molecule has 1 unspecified atom stereocenters. The van der Waals surface area contributed by atoms with E-state index < -0.39 is 29.6 Å². The molecule has 2 N–H and O–H groups in total. The summed E-state index contributed by atoms with van der Waals surface area (Å²) in [5.41, 5.74) is 2.50. The largest absolute Gasteiger partial charge is 0.336 e. The average molecular weight is 390 g/mol. The molecule has 1 aliphatic heterocycles. The number of benzene rings is 2. The van der Waals surface area contributed by atoms with Crippen LogP contribution in [0.3, 0.4) is 0 Å². The van der Waals surface area contributed by atoms with Gasteiger partial charge in [-0.25, -0.2) is 14.1 Å². The average Bonchev–Trinajstić information content (AvgIpc) is 2.61. The Bertz CT molecular complexity index is 948. The van der Waals surface area contributed by atoms with Gasteiger partial charge >= 0.3 is 6.03 Å². The number of imide groups is 1. The Morgan fingerprint density at radius 3 is 2.67 bits per heavy atom. The molecule has 0 saturated carbocycles. The van der Waals surface area contributed by atoms with Gasteiger partial charge in [0.25, 0.3) is 0 Å². The number of nitrogens with one attached hydrogen (secondary N) is 2. The Labute approximate surface area is 160 Å². The first-order valence-corrected chi connectivity index (χ1v) is 8.60. The van der Waals surface area contributed by atoms with Crippen molar-refractivity contribution < 1.29 is 18.8 Å². The molecule has 0 aliphatic carbocycles. The molecular formula is C19H17ClFN3O3. The Kier molecular flexibility index (Phi) is 5.14. The van der Waals surface area contributed by atoms with Crippen LogP contribution in [0.5, 0.6) is 0 Å². The summed E-state index contributed by atoms with van der Waals surface area (Å²) in [4.78, 5) is 38.4. The van der Waals surface area contributed by atoms with Crippen molar-refractivity contribution in [3.05, 3.63) is 58.4 Å². The first kappa shape index (κ1) is 18.8. The second-order valence-corrected chi connectivity index (χ2v) is 6.73. The smallest absolute Gasteiger partial charge is 0.328 e. The number of urea groups is 1. The third kappa shape index (κ3) is 3.78. The number of carbonyl (C=O) groups is 3. The van der Waals surface area contributed by atoms with E-state index >= 15 is 0 Å². The van der Waals surface area contributed by atoms with E-state index in [1.165, 1.54) is 12.1 Å². The molecule has 0 aromatic heterocycles. The fourth-order valence-electron chi connectivity index (χ4n) is 2.78. The minimum absolute atomic E-state index is 0.0909. The van der Waals surface area contributed by atoms with Gasteiger partial charge in [0.05, 0.1) is 10.7 Å². The van der Waals surface area contributed by atoms with Crippen molar-refractivity contribution in [2.75, 3.05) is 16.8 Å². The lowest BCUT2D eigenvalue weighted by Crippen LogP contribution is -2.58. The molecule has 140 valence electrons. The lowest BCUT2D eigenvalue weighted by molar-refractivity contribution is -0.130. The summed E-state index contributed by atoms with van der Waals surface area (Å²) < 4.78 is 13.4. The lowest BCUT2D eigenvalue weighted by Gasteiger charge is -2.30. The van der Waals surface area contributed by atoms with Crippen LogP contribution in [0, 0.1) is 25.6 Å². The molecule has 1 saturated heterocycles. The van der Waals surface area contributed by atoms with Crippen molar-refractivity contribution in [1.82, 2.24) is 5.32 Å². The molecule has 1 aliphatic rings. The third-order valence-electron chi connectivity index (χ3n) is 4.31. The molecule has 0 spiro atoms. The summed E-state index contributed by atoms with van der Waals surface area (Å²) in [5, 5.41) is 5.01. The van der Waals surface area contributed by atoms with Gasteiger partial charge in [-0.15, -0.1) is 0 Å². The van der Waals surface area contributed by atoms with Gasteiger partial charge in [-0.05, 0) is 49.2 Å². The highest BCUT2D eigenvalue weighted by Crippen LogP contribution is 2.26. The van der Waals surface area contributed by atoms with E-state index in [-0.39, 0.29) is 17.3 Å². The number of nitrogens with zero attached hydrogens (tertiary/aromatic N) is 1. The van der Waals surface area contributed by atoms with Crippen LogP contribution in [0.25, 0.3) is 0 Å². The Balaban J connectivity index is 1.85. The molecule has 1 fully saturated rings. The van der Waals surface area contributed by atoms with Crippen LogP contribution in [0.1, 0.15) is 11.1 Å². The van der Waals surface area contributed by atoms with Gasteiger partial charge in [-0.1, -0.05) is 23.7 Å². The highest BCUT2D eigenvalue weighted by molar-refractivity contribution is 6.31. The quantitative estimate of drug-likeness (QED) is 0.789. The van der Waals surface area contributed by atoms with Gasteiger partial charge in [0, 0.05) is 12.2 Å². The van der Waals surface area contributed by atoms with Crippen molar-refractivity contribution in [2.24, 2.45) is 5.92 Å². The maximum absolute atomic E-state index is 13.4. The Morgan fingerprint density at radius 1 is 1.22 bits per heavy atom. The number of hydrogen-bond acceptors (Lipinski definition) is 3.